The van der Waals surface area contributed by atoms with Crippen molar-refractivity contribution in [3.05, 3.63) is 64.2 Å². The van der Waals surface area contributed by atoms with Crippen LogP contribution in [0.3, 0.4) is 0 Å². The molecule has 6 heteroatoms. The van der Waals surface area contributed by atoms with Crippen LogP contribution in [0.1, 0.15) is 76.9 Å². The Balaban J connectivity index is 1.48. The normalized spacial score (nSPS) is 20.2. The minimum Gasteiger partial charge on any atom is -0.497 e. The first-order chi connectivity index (χ1) is 16.2. The van der Waals surface area contributed by atoms with Crippen LogP contribution < -0.4 is 4.74 Å². The molecule has 4 rings (SSSR count). The van der Waals surface area contributed by atoms with Gasteiger partial charge in [0.2, 0.25) is 0 Å². The van der Waals surface area contributed by atoms with Gasteiger partial charge in [0, 0.05) is 24.5 Å². The lowest BCUT2D eigenvalue weighted by atomic mass is 9.86. The molecule has 2 atom stereocenters. The Morgan fingerprint density at radius 2 is 1.67 bits per heavy atom. The van der Waals surface area contributed by atoms with Gasteiger partial charge < -0.3 is 18.9 Å². The standard InChI is InChI=1S/C27H34O5S/c1-29-21-12-9-19(10-13-21)18-33-17-5-6-20-11-14-22(27(28)30-2)26(24-8-4-16-32-24)25(20)23-7-3-15-31-23/h9-14,23-24H,3-8,15-18H2,1-2H3. The number of benzene rings is 2. The molecule has 2 unspecified atom stereocenters. The average molecular weight is 471 g/mol. The highest BCUT2D eigenvalue weighted by Crippen LogP contribution is 2.42. The van der Waals surface area contributed by atoms with Crippen molar-refractivity contribution in [1.29, 1.82) is 0 Å². The molecule has 0 radical (unpaired) electrons. The van der Waals surface area contributed by atoms with Crippen molar-refractivity contribution in [3.8, 4) is 5.75 Å². The summed E-state index contributed by atoms with van der Waals surface area (Å²) in [7, 11) is 3.14. The molecule has 0 spiro atoms. The summed E-state index contributed by atoms with van der Waals surface area (Å²) in [6.45, 7) is 1.51. The molecule has 0 saturated carbocycles. The van der Waals surface area contributed by atoms with Crippen molar-refractivity contribution in [2.75, 3.05) is 33.2 Å². The number of aryl methyl sites for hydroxylation is 1. The molecule has 178 valence electrons. The van der Waals surface area contributed by atoms with Gasteiger partial charge in [-0.3, -0.25) is 0 Å². The Morgan fingerprint density at radius 3 is 2.27 bits per heavy atom. The van der Waals surface area contributed by atoms with Crippen LogP contribution in [0.5, 0.6) is 5.75 Å². The van der Waals surface area contributed by atoms with Crippen LogP contribution in [0, 0.1) is 0 Å². The average Bonchev–Trinajstić information content (AvgIpc) is 3.58. The number of thioether (sulfide) groups is 1. The van der Waals surface area contributed by atoms with E-state index in [9.17, 15) is 4.79 Å². The summed E-state index contributed by atoms with van der Waals surface area (Å²) in [5.41, 5.74) is 5.42. The van der Waals surface area contributed by atoms with Gasteiger partial charge in [-0.25, -0.2) is 4.79 Å². The van der Waals surface area contributed by atoms with E-state index in [1.807, 2.05) is 30.0 Å². The first-order valence-corrected chi connectivity index (χ1v) is 13.0. The van der Waals surface area contributed by atoms with Gasteiger partial charge in [0.15, 0.2) is 0 Å². The maximum absolute atomic E-state index is 12.6. The predicted octanol–water partition coefficient (Wildman–Crippen LogP) is 6.05. The largest absolute Gasteiger partial charge is 0.497 e. The molecule has 2 aromatic rings. The fraction of sp³-hybridized carbons (Fsp3) is 0.519. The molecule has 2 aromatic carbocycles. The summed E-state index contributed by atoms with van der Waals surface area (Å²) in [5, 5.41) is 0. The van der Waals surface area contributed by atoms with Crippen molar-refractivity contribution in [2.45, 2.75) is 56.5 Å². The topological polar surface area (TPSA) is 54.0 Å². The Bertz CT molecular complexity index is 915. The zero-order valence-electron chi connectivity index (χ0n) is 19.6. The Labute approximate surface area is 201 Å². The molecule has 0 aliphatic carbocycles. The van der Waals surface area contributed by atoms with Crippen molar-refractivity contribution < 1.29 is 23.7 Å². The number of hydrogen-bond acceptors (Lipinski definition) is 6. The Morgan fingerprint density at radius 1 is 0.970 bits per heavy atom. The van der Waals surface area contributed by atoms with Crippen LogP contribution >= 0.6 is 11.8 Å². The molecule has 2 saturated heterocycles. The van der Waals surface area contributed by atoms with E-state index in [1.54, 1.807) is 7.11 Å². The third-order valence-electron chi connectivity index (χ3n) is 6.45. The van der Waals surface area contributed by atoms with Crippen LogP contribution in [0.25, 0.3) is 0 Å². The first kappa shape index (κ1) is 24.1. The quantitative estimate of drug-likeness (QED) is 0.311. The van der Waals surface area contributed by atoms with Gasteiger partial charge in [0.25, 0.3) is 0 Å². The van der Waals surface area contributed by atoms with Crippen LogP contribution in [-0.2, 0) is 26.4 Å². The fourth-order valence-electron chi connectivity index (χ4n) is 4.80. The molecular formula is C27H34O5S. The molecule has 0 aromatic heterocycles. The van der Waals surface area contributed by atoms with E-state index >= 15 is 0 Å². The van der Waals surface area contributed by atoms with Crippen LogP contribution in [0.15, 0.2) is 36.4 Å². The van der Waals surface area contributed by atoms with E-state index in [4.69, 9.17) is 18.9 Å². The van der Waals surface area contributed by atoms with Crippen LogP contribution in [-0.4, -0.2) is 39.2 Å². The zero-order valence-corrected chi connectivity index (χ0v) is 20.5. The summed E-state index contributed by atoms with van der Waals surface area (Å²) in [6, 6.07) is 12.3. The van der Waals surface area contributed by atoms with Crippen LogP contribution in [0.4, 0.5) is 0 Å². The number of rotatable bonds is 10. The highest BCUT2D eigenvalue weighted by Gasteiger charge is 2.32. The molecule has 2 heterocycles. The minimum absolute atomic E-state index is 0.0377. The molecule has 0 N–H and O–H groups in total. The SMILES string of the molecule is COC(=O)c1ccc(CCCSCc2ccc(OC)cc2)c(C2CCCO2)c1C1CCCO1. The van der Waals surface area contributed by atoms with Crippen molar-refractivity contribution in [3.63, 3.8) is 0 Å². The number of ether oxygens (including phenoxy) is 4. The van der Waals surface area contributed by atoms with Crippen molar-refractivity contribution >= 4 is 17.7 Å². The molecule has 2 aliphatic heterocycles. The molecule has 5 nitrogen and oxygen atoms in total. The number of esters is 1. The monoisotopic (exact) mass is 470 g/mol. The van der Waals surface area contributed by atoms with Gasteiger partial charge in [0.05, 0.1) is 32.0 Å². The first-order valence-electron chi connectivity index (χ1n) is 11.9. The summed E-state index contributed by atoms with van der Waals surface area (Å²) in [4.78, 5) is 12.6. The van der Waals surface area contributed by atoms with E-state index in [1.165, 1.54) is 23.8 Å². The van der Waals surface area contributed by atoms with Gasteiger partial charge >= 0.3 is 5.97 Å². The van der Waals surface area contributed by atoms with Gasteiger partial charge in [-0.2, -0.15) is 11.8 Å². The summed E-state index contributed by atoms with van der Waals surface area (Å²) < 4.78 is 22.5. The second-order valence-electron chi connectivity index (χ2n) is 8.60. The van der Waals surface area contributed by atoms with E-state index in [2.05, 4.69) is 18.2 Å². The molecular weight excluding hydrogens is 436 g/mol. The lowest BCUT2D eigenvalue weighted by molar-refractivity contribution is 0.0583. The molecule has 33 heavy (non-hydrogen) atoms. The Kier molecular flexibility index (Phi) is 8.70. The molecule has 2 fully saturated rings. The highest BCUT2D eigenvalue weighted by atomic mass is 32.2. The smallest absolute Gasteiger partial charge is 0.338 e. The van der Waals surface area contributed by atoms with Crippen molar-refractivity contribution in [2.24, 2.45) is 0 Å². The second kappa shape index (κ2) is 11.9. The van der Waals surface area contributed by atoms with Gasteiger partial charge in [-0.15, -0.1) is 0 Å². The maximum Gasteiger partial charge on any atom is 0.338 e. The molecule has 2 aliphatic rings. The fourth-order valence-corrected chi connectivity index (χ4v) is 5.72. The Hall–Kier alpha value is -2.02. The zero-order chi connectivity index (χ0) is 23.0. The number of carbonyl (C=O) groups excluding carboxylic acids is 1. The van der Waals surface area contributed by atoms with Gasteiger partial charge in [0.1, 0.15) is 5.75 Å². The van der Waals surface area contributed by atoms with Gasteiger partial charge in [-0.1, -0.05) is 18.2 Å². The third-order valence-corrected chi connectivity index (χ3v) is 7.56. The van der Waals surface area contributed by atoms with E-state index in [0.29, 0.717) is 5.56 Å². The van der Waals surface area contributed by atoms with Crippen LogP contribution in [0.2, 0.25) is 0 Å². The van der Waals surface area contributed by atoms with Crippen molar-refractivity contribution in [1.82, 2.24) is 0 Å². The highest BCUT2D eigenvalue weighted by molar-refractivity contribution is 7.98. The molecule has 0 bridgehead atoms. The predicted molar refractivity (Wildman–Crippen MR) is 131 cm³/mol. The maximum atomic E-state index is 12.6. The number of hydrogen-bond donors (Lipinski definition) is 0. The summed E-state index contributed by atoms with van der Waals surface area (Å²) in [5.74, 6) is 2.67. The second-order valence-corrected chi connectivity index (χ2v) is 9.70. The van der Waals surface area contributed by atoms with E-state index < -0.39 is 0 Å². The summed E-state index contributed by atoms with van der Waals surface area (Å²) >= 11 is 1.95. The van der Waals surface area contributed by atoms with Gasteiger partial charge in [-0.05, 0) is 79.2 Å². The lowest BCUT2D eigenvalue weighted by Crippen LogP contribution is -2.16. The summed E-state index contributed by atoms with van der Waals surface area (Å²) in [6.07, 6.45) is 6.01. The lowest BCUT2D eigenvalue weighted by Gasteiger charge is -2.25. The minimum atomic E-state index is -0.290. The number of carbonyl (C=O) groups is 1. The number of methoxy groups -OCH3 is 2. The third kappa shape index (κ3) is 5.92. The van der Waals surface area contributed by atoms with E-state index in [-0.39, 0.29) is 18.2 Å². The van der Waals surface area contributed by atoms with E-state index in [0.717, 1.165) is 74.6 Å². The molecule has 0 amide bonds.